The van der Waals surface area contributed by atoms with Crippen LogP contribution in [0.4, 0.5) is 6.01 Å². The highest BCUT2D eigenvalue weighted by Crippen LogP contribution is 2.31. The minimum absolute atomic E-state index is 0.253. The number of hydrogen-bond donors (Lipinski definition) is 1. The molecule has 2 aromatic rings. The van der Waals surface area contributed by atoms with Crippen LogP contribution in [0.25, 0.3) is 11.5 Å². The van der Waals surface area contributed by atoms with Gasteiger partial charge in [-0.15, -0.1) is 5.10 Å². The first kappa shape index (κ1) is 23.5. The van der Waals surface area contributed by atoms with Crippen LogP contribution < -0.4 is 4.90 Å². The molecule has 0 atom stereocenters. The first-order valence-corrected chi connectivity index (χ1v) is 11.8. The number of piperidine rings is 1. The Bertz CT molecular complexity index is 834. The van der Waals surface area contributed by atoms with Crippen LogP contribution in [0.1, 0.15) is 51.7 Å². The lowest BCUT2D eigenvalue weighted by molar-refractivity contribution is 0.0689. The smallest absolute Gasteiger partial charge is 0.318 e. The van der Waals surface area contributed by atoms with E-state index in [9.17, 15) is 5.11 Å². The van der Waals surface area contributed by atoms with Gasteiger partial charge in [0.15, 0.2) is 0 Å². The van der Waals surface area contributed by atoms with Gasteiger partial charge in [0.05, 0.1) is 0 Å². The lowest BCUT2D eigenvalue weighted by Crippen LogP contribution is -2.54. The fourth-order valence-corrected chi connectivity index (χ4v) is 4.56. The van der Waals surface area contributed by atoms with Crippen LogP contribution >= 0.6 is 0 Å². The third-order valence-corrected chi connectivity index (χ3v) is 6.52. The van der Waals surface area contributed by atoms with Crippen LogP contribution in [0.5, 0.6) is 5.75 Å². The second-order valence-electron chi connectivity index (χ2n) is 8.73. The Hall–Kier alpha value is -2.12. The Morgan fingerprint density at radius 2 is 1.58 bits per heavy atom. The molecule has 4 rings (SSSR count). The van der Waals surface area contributed by atoms with Crippen molar-refractivity contribution in [2.75, 3.05) is 44.2 Å². The van der Waals surface area contributed by atoms with Gasteiger partial charge in [-0.3, -0.25) is 9.80 Å². The monoisotopic (exact) mass is 429 g/mol. The molecule has 0 spiro atoms. The Labute approximate surface area is 187 Å². The maximum Gasteiger partial charge on any atom is 0.318 e. The molecule has 0 saturated carbocycles. The van der Waals surface area contributed by atoms with Crippen molar-refractivity contribution in [2.24, 2.45) is 0 Å². The van der Waals surface area contributed by atoms with E-state index >= 15 is 0 Å². The zero-order chi connectivity index (χ0) is 22.5. The first-order valence-electron chi connectivity index (χ1n) is 11.8. The van der Waals surface area contributed by atoms with E-state index < -0.39 is 0 Å². The minimum Gasteiger partial charge on any atom is -0.508 e. The third-order valence-electron chi connectivity index (χ3n) is 6.52. The fraction of sp³-hybridized carbons (Fsp3) is 0.667. The van der Waals surface area contributed by atoms with Crippen molar-refractivity contribution in [2.45, 2.75) is 66.5 Å². The van der Waals surface area contributed by atoms with E-state index in [-0.39, 0.29) is 5.75 Å². The van der Waals surface area contributed by atoms with Gasteiger partial charge in [-0.05, 0) is 57.7 Å². The first-order chi connectivity index (χ1) is 14.9. The van der Waals surface area contributed by atoms with E-state index in [0.29, 0.717) is 24.0 Å². The largest absolute Gasteiger partial charge is 0.508 e. The molecule has 0 amide bonds. The van der Waals surface area contributed by atoms with Gasteiger partial charge in [0.1, 0.15) is 5.75 Å². The molecule has 2 aliphatic heterocycles. The number of benzene rings is 1. The Morgan fingerprint density at radius 3 is 2.19 bits per heavy atom. The number of aromatic hydroxyl groups is 1. The molecule has 1 aromatic carbocycles. The van der Waals surface area contributed by atoms with Crippen LogP contribution in [0, 0.1) is 13.8 Å². The van der Waals surface area contributed by atoms with Gasteiger partial charge >= 0.3 is 6.01 Å². The topological polar surface area (TPSA) is 68.9 Å². The molecule has 3 heterocycles. The Morgan fingerprint density at radius 1 is 0.935 bits per heavy atom. The molecule has 2 saturated heterocycles. The van der Waals surface area contributed by atoms with Crippen molar-refractivity contribution < 1.29 is 9.52 Å². The normalized spacial score (nSPS) is 18.9. The van der Waals surface area contributed by atoms with Crippen molar-refractivity contribution in [1.82, 2.24) is 20.0 Å². The second kappa shape index (κ2) is 10.5. The van der Waals surface area contributed by atoms with Gasteiger partial charge in [0.2, 0.25) is 5.89 Å². The summed E-state index contributed by atoms with van der Waals surface area (Å²) in [5.41, 5.74) is 2.67. The predicted molar refractivity (Wildman–Crippen MR) is 126 cm³/mol. The summed E-state index contributed by atoms with van der Waals surface area (Å²) in [6, 6.07) is 5.54. The summed E-state index contributed by atoms with van der Waals surface area (Å²) in [4.78, 5) is 7.42. The van der Waals surface area contributed by atoms with Crippen molar-refractivity contribution in [3.05, 3.63) is 23.3 Å². The van der Waals surface area contributed by atoms with E-state index in [2.05, 4.69) is 38.7 Å². The summed E-state index contributed by atoms with van der Waals surface area (Å²) in [7, 11) is 0. The molecule has 7 heteroatoms. The highest BCUT2D eigenvalue weighted by atomic mass is 16.4. The van der Waals surface area contributed by atoms with Gasteiger partial charge in [-0.2, -0.15) is 0 Å². The molecule has 0 radical (unpaired) electrons. The molecular weight excluding hydrogens is 390 g/mol. The van der Waals surface area contributed by atoms with E-state index in [0.717, 1.165) is 42.6 Å². The van der Waals surface area contributed by atoms with Crippen LogP contribution in [-0.2, 0) is 0 Å². The minimum atomic E-state index is 0.253. The second-order valence-corrected chi connectivity index (χ2v) is 8.73. The number of rotatable bonds is 4. The average molecular weight is 430 g/mol. The molecular formula is C24H39N5O2. The molecule has 2 fully saturated rings. The number of phenolic OH excluding ortho intramolecular Hbond substituents is 1. The summed E-state index contributed by atoms with van der Waals surface area (Å²) in [6.45, 7) is 19.0. The number of anilines is 1. The Balaban J connectivity index is 0.00000132. The van der Waals surface area contributed by atoms with Crippen molar-refractivity contribution in [1.29, 1.82) is 0 Å². The highest BCUT2D eigenvalue weighted by Gasteiger charge is 2.29. The van der Waals surface area contributed by atoms with E-state index in [4.69, 9.17) is 4.42 Å². The fourth-order valence-electron chi connectivity index (χ4n) is 4.56. The summed E-state index contributed by atoms with van der Waals surface area (Å²) >= 11 is 0. The number of aryl methyl sites for hydroxylation is 2. The number of piperazine rings is 1. The summed E-state index contributed by atoms with van der Waals surface area (Å²) < 4.78 is 5.98. The zero-order valence-corrected chi connectivity index (χ0v) is 20.1. The quantitative estimate of drug-likeness (QED) is 0.785. The van der Waals surface area contributed by atoms with E-state index in [1.807, 2.05) is 33.8 Å². The van der Waals surface area contributed by atoms with Crippen molar-refractivity contribution >= 4 is 6.01 Å². The van der Waals surface area contributed by atoms with Crippen molar-refractivity contribution in [3.63, 3.8) is 0 Å². The molecule has 1 aromatic heterocycles. The Kier molecular flexibility index (Phi) is 7.94. The molecule has 2 aliphatic rings. The maximum absolute atomic E-state index is 10.0. The van der Waals surface area contributed by atoms with Gasteiger partial charge < -0.3 is 14.4 Å². The number of aromatic nitrogens is 2. The number of nitrogens with zero attached hydrogens (tertiary/aromatic N) is 5. The molecule has 0 unspecified atom stereocenters. The van der Waals surface area contributed by atoms with Gasteiger partial charge in [-0.25, -0.2) is 0 Å². The lowest BCUT2D eigenvalue weighted by Gasteiger charge is -2.43. The average Bonchev–Trinajstić information content (AvgIpc) is 3.28. The molecule has 0 aliphatic carbocycles. The SMILES string of the molecule is CC.Cc1cc(C)c(-c2nnc(N3CCC(N4CCN(C(C)C)CC4)CC3)o2)cc1O. The van der Waals surface area contributed by atoms with Gasteiger partial charge in [0.25, 0.3) is 0 Å². The summed E-state index contributed by atoms with van der Waals surface area (Å²) in [5.74, 6) is 0.725. The lowest BCUT2D eigenvalue weighted by atomic mass is 10.0. The van der Waals surface area contributed by atoms with Gasteiger partial charge in [-0.1, -0.05) is 25.0 Å². The standard InChI is InChI=1S/C22H33N5O2.C2H6/c1-15(2)25-9-11-26(12-10-25)18-5-7-27(8-6-18)22-24-23-21(29-22)19-14-20(28)17(4)13-16(19)3;1-2/h13-15,18,28H,5-12H2,1-4H3;1-2H3. The highest BCUT2D eigenvalue weighted by molar-refractivity contribution is 5.62. The van der Waals surface area contributed by atoms with Crippen molar-refractivity contribution in [3.8, 4) is 17.2 Å². The summed E-state index contributed by atoms with van der Waals surface area (Å²) in [5, 5.41) is 18.6. The molecule has 0 bridgehead atoms. The third kappa shape index (κ3) is 5.39. The maximum atomic E-state index is 10.0. The molecule has 172 valence electrons. The number of phenols is 1. The summed E-state index contributed by atoms with van der Waals surface area (Å²) in [6.07, 6.45) is 2.26. The van der Waals surface area contributed by atoms with Gasteiger partial charge in [0, 0.05) is 56.9 Å². The predicted octanol–water partition coefficient (Wildman–Crippen LogP) is 4.08. The van der Waals surface area contributed by atoms with Crippen LogP contribution in [0.2, 0.25) is 0 Å². The van der Waals surface area contributed by atoms with E-state index in [1.54, 1.807) is 6.07 Å². The van der Waals surface area contributed by atoms with Crippen LogP contribution in [0.3, 0.4) is 0 Å². The van der Waals surface area contributed by atoms with E-state index in [1.165, 1.54) is 26.2 Å². The molecule has 1 N–H and O–H groups in total. The van der Waals surface area contributed by atoms with Crippen LogP contribution in [0.15, 0.2) is 16.5 Å². The molecule has 7 nitrogen and oxygen atoms in total. The zero-order valence-electron chi connectivity index (χ0n) is 20.1. The van der Waals surface area contributed by atoms with Crippen LogP contribution in [-0.4, -0.2) is 76.5 Å². The number of hydrogen-bond acceptors (Lipinski definition) is 7. The molecule has 31 heavy (non-hydrogen) atoms.